The van der Waals surface area contributed by atoms with Crippen molar-refractivity contribution in [1.82, 2.24) is 15.5 Å². The van der Waals surface area contributed by atoms with E-state index in [1.165, 1.54) is 0 Å². The number of amides is 2. The van der Waals surface area contributed by atoms with E-state index in [4.69, 9.17) is 4.74 Å². The molecule has 112 valence electrons. The standard InChI is InChI=1S/C14H23N3O3/c18-13-2-1-10-9-17(5-3-12(10)16-13)14(19)7-11-8-15-4-6-20-11/h10-12,15H,1-9H2,(H,16,18). The molecule has 2 N–H and O–H groups in total. The molecule has 3 aliphatic rings. The molecule has 3 fully saturated rings. The highest BCUT2D eigenvalue weighted by Crippen LogP contribution is 2.25. The van der Waals surface area contributed by atoms with E-state index >= 15 is 0 Å². The normalized spacial score (nSPS) is 34.3. The Morgan fingerprint density at radius 3 is 3.10 bits per heavy atom. The molecule has 6 heteroatoms. The van der Waals surface area contributed by atoms with Gasteiger partial charge < -0.3 is 20.3 Å². The number of likely N-dealkylation sites (tertiary alicyclic amines) is 1. The SMILES string of the molecule is O=C1CCC2CN(C(=O)CC3CNCCO3)CCC2N1. The Balaban J connectivity index is 1.50. The average molecular weight is 281 g/mol. The molecule has 3 saturated heterocycles. The first-order chi connectivity index (χ1) is 9.72. The zero-order valence-electron chi connectivity index (χ0n) is 11.8. The quantitative estimate of drug-likeness (QED) is 0.715. The molecule has 3 unspecified atom stereocenters. The van der Waals surface area contributed by atoms with Crippen molar-refractivity contribution in [2.45, 2.75) is 37.8 Å². The van der Waals surface area contributed by atoms with Crippen LogP contribution in [0.25, 0.3) is 0 Å². The molecule has 0 radical (unpaired) electrons. The lowest BCUT2D eigenvalue weighted by molar-refractivity contribution is -0.138. The van der Waals surface area contributed by atoms with Crippen LogP contribution in [0.3, 0.4) is 0 Å². The Labute approximate surface area is 119 Å². The second kappa shape index (κ2) is 6.10. The largest absolute Gasteiger partial charge is 0.375 e. The minimum absolute atomic E-state index is 0.0139. The van der Waals surface area contributed by atoms with Crippen molar-refractivity contribution in [3.8, 4) is 0 Å². The number of hydrogen-bond donors (Lipinski definition) is 2. The summed E-state index contributed by atoms with van der Waals surface area (Å²) in [4.78, 5) is 25.7. The number of nitrogens with zero attached hydrogens (tertiary/aromatic N) is 1. The Bertz CT molecular complexity index is 382. The lowest BCUT2D eigenvalue weighted by atomic mass is 9.85. The van der Waals surface area contributed by atoms with E-state index in [-0.39, 0.29) is 24.0 Å². The smallest absolute Gasteiger partial charge is 0.225 e. The van der Waals surface area contributed by atoms with Crippen molar-refractivity contribution in [2.24, 2.45) is 5.92 Å². The van der Waals surface area contributed by atoms with Crippen LogP contribution in [-0.2, 0) is 14.3 Å². The van der Waals surface area contributed by atoms with E-state index in [0.29, 0.717) is 25.4 Å². The molecule has 0 bridgehead atoms. The minimum Gasteiger partial charge on any atom is -0.375 e. The van der Waals surface area contributed by atoms with E-state index in [2.05, 4.69) is 10.6 Å². The number of piperidine rings is 2. The fraction of sp³-hybridized carbons (Fsp3) is 0.857. The van der Waals surface area contributed by atoms with E-state index in [1.807, 2.05) is 4.90 Å². The first-order valence-corrected chi connectivity index (χ1v) is 7.62. The topological polar surface area (TPSA) is 70.7 Å². The van der Waals surface area contributed by atoms with Crippen molar-refractivity contribution >= 4 is 11.8 Å². The van der Waals surface area contributed by atoms with Gasteiger partial charge >= 0.3 is 0 Å². The van der Waals surface area contributed by atoms with Gasteiger partial charge in [-0.05, 0) is 18.8 Å². The van der Waals surface area contributed by atoms with Crippen LogP contribution in [0.5, 0.6) is 0 Å². The summed E-state index contributed by atoms with van der Waals surface area (Å²) >= 11 is 0. The summed E-state index contributed by atoms with van der Waals surface area (Å²) < 4.78 is 5.59. The molecular formula is C14H23N3O3. The van der Waals surface area contributed by atoms with Crippen molar-refractivity contribution in [1.29, 1.82) is 0 Å². The Morgan fingerprint density at radius 2 is 2.30 bits per heavy atom. The van der Waals surface area contributed by atoms with Crippen LogP contribution in [0.15, 0.2) is 0 Å². The predicted molar refractivity (Wildman–Crippen MR) is 73.1 cm³/mol. The fourth-order valence-electron chi connectivity index (χ4n) is 3.41. The molecule has 20 heavy (non-hydrogen) atoms. The van der Waals surface area contributed by atoms with Crippen LogP contribution < -0.4 is 10.6 Å². The molecule has 3 atom stereocenters. The monoisotopic (exact) mass is 281 g/mol. The molecule has 0 aliphatic carbocycles. The van der Waals surface area contributed by atoms with E-state index in [1.54, 1.807) is 0 Å². The van der Waals surface area contributed by atoms with Gasteiger partial charge in [0.1, 0.15) is 0 Å². The molecule has 0 spiro atoms. The number of ether oxygens (including phenoxy) is 1. The van der Waals surface area contributed by atoms with Crippen LogP contribution in [0, 0.1) is 5.92 Å². The van der Waals surface area contributed by atoms with Crippen molar-refractivity contribution in [3.05, 3.63) is 0 Å². The molecule has 0 aromatic rings. The molecule has 0 saturated carbocycles. The summed E-state index contributed by atoms with van der Waals surface area (Å²) in [5.41, 5.74) is 0. The first kappa shape index (κ1) is 13.8. The molecular weight excluding hydrogens is 258 g/mol. The van der Waals surface area contributed by atoms with Gasteiger partial charge in [0.05, 0.1) is 19.1 Å². The number of hydrogen-bond acceptors (Lipinski definition) is 4. The van der Waals surface area contributed by atoms with Crippen LogP contribution in [0.4, 0.5) is 0 Å². The number of carbonyl (C=O) groups excluding carboxylic acids is 2. The second-order valence-electron chi connectivity index (χ2n) is 6.00. The number of rotatable bonds is 2. The van der Waals surface area contributed by atoms with Gasteiger partial charge in [0.2, 0.25) is 11.8 Å². The third-order valence-corrected chi connectivity index (χ3v) is 4.58. The van der Waals surface area contributed by atoms with Crippen molar-refractivity contribution < 1.29 is 14.3 Å². The zero-order chi connectivity index (χ0) is 13.9. The maximum Gasteiger partial charge on any atom is 0.225 e. The maximum absolute atomic E-state index is 12.3. The average Bonchev–Trinajstić information content (AvgIpc) is 2.47. The van der Waals surface area contributed by atoms with Gasteiger partial charge in [-0.1, -0.05) is 0 Å². The lowest BCUT2D eigenvalue weighted by Crippen LogP contribution is -2.55. The van der Waals surface area contributed by atoms with E-state index in [0.717, 1.165) is 39.0 Å². The molecule has 3 aliphatic heterocycles. The number of fused-ring (bicyclic) bond motifs is 1. The van der Waals surface area contributed by atoms with Gasteiger partial charge in [-0.3, -0.25) is 9.59 Å². The molecule has 0 aromatic heterocycles. The highest BCUT2D eigenvalue weighted by Gasteiger charge is 2.35. The van der Waals surface area contributed by atoms with Gasteiger partial charge in [-0.25, -0.2) is 0 Å². The van der Waals surface area contributed by atoms with Crippen molar-refractivity contribution in [3.63, 3.8) is 0 Å². The van der Waals surface area contributed by atoms with Crippen LogP contribution in [0.2, 0.25) is 0 Å². The first-order valence-electron chi connectivity index (χ1n) is 7.62. The van der Waals surface area contributed by atoms with Gasteiger partial charge in [0.15, 0.2) is 0 Å². The fourth-order valence-corrected chi connectivity index (χ4v) is 3.41. The van der Waals surface area contributed by atoms with Crippen LogP contribution in [0.1, 0.15) is 25.7 Å². The van der Waals surface area contributed by atoms with Gasteiger partial charge in [0, 0.05) is 38.6 Å². The second-order valence-corrected chi connectivity index (χ2v) is 6.00. The number of nitrogens with one attached hydrogen (secondary N) is 2. The van der Waals surface area contributed by atoms with E-state index in [9.17, 15) is 9.59 Å². The summed E-state index contributed by atoms with van der Waals surface area (Å²) in [6.45, 7) is 3.86. The Kier molecular flexibility index (Phi) is 4.21. The number of carbonyl (C=O) groups is 2. The van der Waals surface area contributed by atoms with Crippen LogP contribution >= 0.6 is 0 Å². The third-order valence-electron chi connectivity index (χ3n) is 4.58. The number of morpholine rings is 1. The maximum atomic E-state index is 12.3. The molecule has 0 aromatic carbocycles. The molecule has 2 amide bonds. The summed E-state index contributed by atoms with van der Waals surface area (Å²) in [6.07, 6.45) is 2.86. The highest BCUT2D eigenvalue weighted by molar-refractivity contribution is 5.78. The Morgan fingerprint density at radius 1 is 1.40 bits per heavy atom. The van der Waals surface area contributed by atoms with Crippen LogP contribution in [-0.4, -0.2) is 61.6 Å². The summed E-state index contributed by atoms with van der Waals surface area (Å²) in [6, 6.07) is 0.271. The molecule has 6 nitrogen and oxygen atoms in total. The molecule has 3 heterocycles. The van der Waals surface area contributed by atoms with Gasteiger partial charge in [0.25, 0.3) is 0 Å². The summed E-state index contributed by atoms with van der Waals surface area (Å²) in [5.74, 6) is 0.776. The summed E-state index contributed by atoms with van der Waals surface area (Å²) in [7, 11) is 0. The Hall–Kier alpha value is -1.14. The lowest BCUT2D eigenvalue weighted by Gasteiger charge is -2.41. The predicted octanol–water partition coefficient (Wildman–Crippen LogP) is -0.508. The molecule has 3 rings (SSSR count). The summed E-state index contributed by atoms with van der Waals surface area (Å²) in [5, 5.41) is 6.30. The van der Waals surface area contributed by atoms with E-state index < -0.39 is 0 Å². The minimum atomic E-state index is 0.0139. The van der Waals surface area contributed by atoms with Crippen molar-refractivity contribution in [2.75, 3.05) is 32.8 Å². The van der Waals surface area contributed by atoms with Gasteiger partial charge in [-0.2, -0.15) is 0 Å². The third kappa shape index (κ3) is 3.12. The highest BCUT2D eigenvalue weighted by atomic mass is 16.5. The zero-order valence-corrected chi connectivity index (χ0v) is 11.8. The van der Waals surface area contributed by atoms with Gasteiger partial charge in [-0.15, -0.1) is 0 Å².